The summed E-state index contributed by atoms with van der Waals surface area (Å²) in [4.78, 5) is 24.6. The molecule has 0 spiro atoms. The zero-order valence-electron chi connectivity index (χ0n) is 15.3. The van der Waals surface area contributed by atoms with Crippen molar-refractivity contribution < 1.29 is 9.21 Å². The molecular formula is C22H23NO3. The number of hydrogen-bond donors (Lipinski definition) is 1. The predicted molar refractivity (Wildman–Crippen MR) is 103 cm³/mol. The molecule has 0 unspecified atom stereocenters. The summed E-state index contributed by atoms with van der Waals surface area (Å²) >= 11 is 0. The lowest BCUT2D eigenvalue weighted by molar-refractivity contribution is -0.121. The minimum Gasteiger partial charge on any atom is -0.423 e. The molecule has 3 rings (SSSR count). The fraction of sp³-hybridized carbons (Fsp3) is 0.273. The van der Waals surface area contributed by atoms with E-state index in [4.69, 9.17) is 4.42 Å². The lowest BCUT2D eigenvalue weighted by atomic mass is 10.0. The minimum atomic E-state index is -0.357. The molecule has 0 aliphatic rings. The van der Waals surface area contributed by atoms with Crippen molar-refractivity contribution in [3.8, 4) is 0 Å². The van der Waals surface area contributed by atoms with Crippen LogP contribution in [0.3, 0.4) is 0 Å². The van der Waals surface area contributed by atoms with E-state index >= 15 is 0 Å². The monoisotopic (exact) mass is 349 g/mol. The Hall–Kier alpha value is -2.88. The Morgan fingerprint density at radius 2 is 1.85 bits per heavy atom. The number of hydrogen-bond acceptors (Lipinski definition) is 3. The van der Waals surface area contributed by atoms with Crippen LogP contribution in [-0.2, 0) is 11.2 Å². The molecule has 4 heteroatoms. The second kappa shape index (κ2) is 7.56. The first-order valence-electron chi connectivity index (χ1n) is 8.83. The lowest BCUT2D eigenvalue weighted by Gasteiger charge is -2.14. The maximum absolute atomic E-state index is 12.3. The van der Waals surface area contributed by atoms with Gasteiger partial charge in [-0.05, 0) is 49.9 Å². The van der Waals surface area contributed by atoms with Gasteiger partial charge in [-0.1, -0.05) is 42.5 Å². The number of carbonyl (C=O) groups is 1. The predicted octanol–water partition coefficient (Wildman–Crippen LogP) is 4.22. The van der Waals surface area contributed by atoms with Gasteiger partial charge >= 0.3 is 5.63 Å². The molecule has 26 heavy (non-hydrogen) atoms. The van der Waals surface area contributed by atoms with Gasteiger partial charge in [0.15, 0.2) is 0 Å². The Labute approximate surface area is 152 Å². The fourth-order valence-electron chi connectivity index (χ4n) is 3.17. The number of rotatable bonds is 5. The molecule has 1 aromatic heterocycles. The van der Waals surface area contributed by atoms with Gasteiger partial charge < -0.3 is 9.73 Å². The molecule has 0 saturated heterocycles. The van der Waals surface area contributed by atoms with Crippen LogP contribution < -0.4 is 10.9 Å². The SMILES string of the molecule is Cc1ccc2c(C)c(CCC(=O)N[C@@H](C)c3ccccc3)c(=O)oc2c1. The Morgan fingerprint density at radius 3 is 2.58 bits per heavy atom. The highest BCUT2D eigenvalue weighted by Crippen LogP contribution is 2.21. The van der Waals surface area contributed by atoms with E-state index in [0.717, 1.165) is 22.1 Å². The van der Waals surface area contributed by atoms with Gasteiger partial charge in [-0.2, -0.15) is 0 Å². The molecule has 0 fully saturated rings. The van der Waals surface area contributed by atoms with E-state index in [2.05, 4.69) is 5.32 Å². The molecule has 0 aliphatic heterocycles. The average molecular weight is 349 g/mol. The van der Waals surface area contributed by atoms with Crippen molar-refractivity contribution in [2.45, 2.75) is 39.7 Å². The van der Waals surface area contributed by atoms with Gasteiger partial charge in [0.1, 0.15) is 5.58 Å². The van der Waals surface area contributed by atoms with Crippen molar-refractivity contribution in [3.05, 3.63) is 81.2 Å². The number of benzene rings is 2. The van der Waals surface area contributed by atoms with Crippen molar-refractivity contribution in [2.24, 2.45) is 0 Å². The summed E-state index contributed by atoms with van der Waals surface area (Å²) in [7, 11) is 0. The summed E-state index contributed by atoms with van der Waals surface area (Å²) in [6.45, 7) is 5.82. The smallest absolute Gasteiger partial charge is 0.339 e. The first kappa shape index (κ1) is 17.9. The number of carbonyl (C=O) groups excluding carboxylic acids is 1. The second-order valence-electron chi connectivity index (χ2n) is 6.69. The normalized spacial score (nSPS) is 12.1. The largest absolute Gasteiger partial charge is 0.423 e. The average Bonchev–Trinajstić information content (AvgIpc) is 2.61. The van der Waals surface area contributed by atoms with Crippen LogP contribution >= 0.6 is 0 Å². The molecule has 0 aliphatic carbocycles. The third kappa shape index (κ3) is 3.85. The third-order valence-corrected chi connectivity index (χ3v) is 4.72. The highest BCUT2D eigenvalue weighted by molar-refractivity contribution is 5.82. The van der Waals surface area contributed by atoms with E-state index in [1.807, 2.05) is 69.3 Å². The fourth-order valence-corrected chi connectivity index (χ4v) is 3.17. The van der Waals surface area contributed by atoms with Crippen molar-refractivity contribution in [1.29, 1.82) is 0 Å². The molecule has 0 saturated carbocycles. The molecule has 3 aromatic rings. The standard InChI is InChI=1S/C22H23NO3/c1-14-9-10-18-15(2)19(22(25)26-20(18)13-14)11-12-21(24)23-16(3)17-7-5-4-6-8-17/h4-10,13,16H,11-12H2,1-3H3,(H,23,24)/t16-/m0/s1. The molecule has 134 valence electrons. The molecular weight excluding hydrogens is 326 g/mol. The molecule has 1 N–H and O–H groups in total. The Kier molecular flexibility index (Phi) is 5.21. The maximum atomic E-state index is 12.3. The Bertz CT molecular complexity index is 989. The van der Waals surface area contributed by atoms with Crippen LogP contribution in [0.1, 0.15) is 41.6 Å². The van der Waals surface area contributed by atoms with Crippen LogP contribution in [-0.4, -0.2) is 5.91 Å². The topological polar surface area (TPSA) is 59.3 Å². The van der Waals surface area contributed by atoms with Crippen LogP contribution in [0.5, 0.6) is 0 Å². The van der Waals surface area contributed by atoms with E-state index in [0.29, 0.717) is 17.6 Å². The van der Waals surface area contributed by atoms with Crippen LogP contribution in [0.4, 0.5) is 0 Å². The zero-order valence-corrected chi connectivity index (χ0v) is 15.3. The zero-order chi connectivity index (χ0) is 18.7. The van der Waals surface area contributed by atoms with Crippen molar-refractivity contribution in [3.63, 3.8) is 0 Å². The molecule has 2 aromatic carbocycles. The summed E-state index contributed by atoms with van der Waals surface area (Å²) in [5.74, 6) is -0.0795. The molecule has 4 nitrogen and oxygen atoms in total. The molecule has 1 atom stereocenters. The van der Waals surface area contributed by atoms with Gasteiger partial charge in [0.2, 0.25) is 5.91 Å². The number of nitrogens with one attached hydrogen (secondary N) is 1. The highest BCUT2D eigenvalue weighted by atomic mass is 16.4. The van der Waals surface area contributed by atoms with Gasteiger partial charge in [-0.25, -0.2) is 4.79 Å². The van der Waals surface area contributed by atoms with Crippen LogP contribution in [0.15, 0.2) is 57.7 Å². The van der Waals surface area contributed by atoms with E-state index in [1.165, 1.54) is 0 Å². The summed E-state index contributed by atoms with van der Waals surface area (Å²) in [6, 6.07) is 15.6. The first-order valence-corrected chi connectivity index (χ1v) is 8.83. The van der Waals surface area contributed by atoms with E-state index in [-0.39, 0.29) is 24.0 Å². The van der Waals surface area contributed by atoms with Gasteiger partial charge in [-0.3, -0.25) is 4.79 Å². The van der Waals surface area contributed by atoms with Gasteiger partial charge in [0, 0.05) is 17.4 Å². The summed E-state index contributed by atoms with van der Waals surface area (Å²) in [5.41, 5.74) is 3.80. The first-order chi connectivity index (χ1) is 12.5. The number of fused-ring (bicyclic) bond motifs is 1. The molecule has 1 amide bonds. The van der Waals surface area contributed by atoms with E-state index in [9.17, 15) is 9.59 Å². The van der Waals surface area contributed by atoms with E-state index < -0.39 is 0 Å². The molecule has 1 heterocycles. The lowest BCUT2D eigenvalue weighted by Crippen LogP contribution is -2.27. The van der Waals surface area contributed by atoms with Gasteiger partial charge in [0.25, 0.3) is 0 Å². The maximum Gasteiger partial charge on any atom is 0.339 e. The van der Waals surface area contributed by atoms with Crippen LogP contribution in [0.2, 0.25) is 0 Å². The second-order valence-corrected chi connectivity index (χ2v) is 6.69. The summed E-state index contributed by atoms with van der Waals surface area (Å²) in [5, 5.41) is 3.90. The van der Waals surface area contributed by atoms with Crippen LogP contribution in [0.25, 0.3) is 11.0 Å². The van der Waals surface area contributed by atoms with Crippen molar-refractivity contribution >= 4 is 16.9 Å². The summed E-state index contributed by atoms with van der Waals surface area (Å²) in [6.07, 6.45) is 0.617. The van der Waals surface area contributed by atoms with E-state index in [1.54, 1.807) is 0 Å². The van der Waals surface area contributed by atoms with Crippen molar-refractivity contribution in [2.75, 3.05) is 0 Å². The Balaban J connectivity index is 1.72. The van der Waals surface area contributed by atoms with Gasteiger partial charge in [0.05, 0.1) is 6.04 Å². The van der Waals surface area contributed by atoms with Crippen molar-refractivity contribution in [1.82, 2.24) is 5.32 Å². The molecule has 0 bridgehead atoms. The third-order valence-electron chi connectivity index (χ3n) is 4.72. The number of aryl methyl sites for hydroxylation is 2. The minimum absolute atomic E-state index is 0.0687. The molecule has 0 radical (unpaired) electrons. The number of amides is 1. The quantitative estimate of drug-likeness (QED) is 0.702. The Morgan fingerprint density at radius 1 is 1.12 bits per heavy atom. The summed E-state index contributed by atoms with van der Waals surface area (Å²) < 4.78 is 5.45. The van der Waals surface area contributed by atoms with Gasteiger partial charge in [-0.15, -0.1) is 0 Å². The highest BCUT2D eigenvalue weighted by Gasteiger charge is 2.14. The van der Waals surface area contributed by atoms with Crippen LogP contribution in [0, 0.1) is 13.8 Å².